The zero-order valence-corrected chi connectivity index (χ0v) is 13.6. The second-order valence-corrected chi connectivity index (χ2v) is 6.16. The number of aromatic nitrogens is 2. The van der Waals surface area contributed by atoms with Gasteiger partial charge in [-0.3, -0.25) is 0 Å². The topological polar surface area (TPSA) is 71.7 Å². The fourth-order valence-electron chi connectivity index (χ4n) is 3.33. The molecule has 0 aliphatic carbocycles. The number of carbonyl (C=O) groups excluding carboxylic acids is 1. The monoisotopic (exact) mass is 328 g/mol. The van der Waals surface area contributed by atoms with Crippen LogP contribution < -0.4 is 0 Å². The van der Waals surface area contributed by atoms with E-state index in [9.17, 15) is 4.79 Å². The molecule has 0 radical (unpaired) electrons. The Hall–Kier alpha value is -2.41. The zero-order chi connectivity index (χ0) is 16.5. The fraction of sp³-hybridized carbons (Fsp3) is 0.471. The first-order valence-corrected chi connectivity index (χ1v) is 8.22. The molecule has 0 bridgehead atoms. The van der Waals surface area contributed by atoms with E-state index in [0.29, 0.717) is 51.1 Å². The van der Waals surface area contributed by atoms with Gasteiger partial charge >= 0.3 is 6.03 Å². The first-order chi connectivity index (χ1) is 11.7. The third-order valence-electron chi connectivity index (χ3n) is 4.60. The summed E-state index contributed by atoms with van der Waals surface area (Å²) in [4.78, 5) is 16.7. The van der Waals surface area contributed by atoms with E-state index < -0.39 is 0 Å². The number of morpholine rings is 1. The van der Waals surface area contributed by atoms with Gasteiger partial charge in [-0.15, -0.1) is 10.2 Å². The highest BCUT2D eigenvalue weighted by Crippen LogP contribution is 2.33. The Morgan fingerprint density at radius 3 is 2.62 bits per heavy atom. The Balaban J connectivity index is 1.66. The van der Waals surface area contributed by atoms with E-state index in [0.717, 1.165) is 0 Å². The molecule has 1 fully saturated rings. The van der Waals surface area contributed by atoms with Gasteiger partial charge in [0.05, 0.1) is 13.2 Å². The van der Waals surface area contributed by atoms with Crippen LogP contribution in [0.1, 0.15) is 29.0 Å². The molecular weight excluding hydrogens is 308 g/mol. The number of hydrogen-bond donors (Lipinski definition) is 0. The first-order valence-electron chi connectivity index (χ1n) is 8.22. The molecule has 7 nitrogen and oxygen atoms in total. The smallest absolute Gasteiger partial charge is 0.321 e. The highest BCUT2D eigenvalue weighted by atomic mass is 16.5. The Morgan fingerprint density at radius 1 is 1.17 bits per heavy atom. The third-order valence-corrected chi connectivity index (χ3v) is 4.60. The second-order valence-electron chi connectivity index (χ2n) is 6.16. The average molecular weight is 328 g/mol. The fourth-order valence-corrected chi connectivity index (χ4v) is 3.33. The summed E-state index contributed by atoms with van der Waals surface area (Å²) >= 11 is 0. The van der Waals surface area contributed by atoms with Gasteiger partial charge in [0, 0.05) is 33.0 Å². The Bertz CT molecular complexity index is 739. The quantitative estimate of drug-likeness (QED) is 0.800. The number of aryl methyl sites for hydroxylation is 1. The van der Waals surface area contributed by atoms with Crippen molar-refractivity contribution in [2.45, 2.75) is 25.9 Å². The van der Waals surface area contributed by atoms with Crippen LogP contribution >= 0.6 is 0 Å². The largest absolute Gasteiger partial charge is 0.423 e. The predicted octanol–water partition coefficient (Wildman–Crippen LogP) is 1.93. The van der Waals surface area contributed by atoms with Crippen molar-refractivity contribution in [2.75, 3.05) is 26.3 Å². The van der Waals surface area contributed by atoms with Crippen LogP contribution in [0.4, 0.5) is 4.79 Å². The van der Waals surface area contributed by atoms with Crippen LogP contribution in [0, 0.1) is 6.92 Å². The van der Waals surface area contributed by atoms with E-state index in [-0.39, 0.29) is 12.1 Å². The maximum Gasteiger partial charge on any atom is 0.321 e. The molecule has 3 heterocycles. The van der Waals surface area contributed by atoms with E-state index >= 15 is 0 Å². The molecule has 2 amide bonds. The van der Waals surface area contributed by atoms with Gasteiger partial charge in [0.25, 0.3) is 0 Å². The zero-order valence-electron chi connectivity index (χ0n) is 13.6. The lowest BCUT2D eigenvalue weighted by atomic mass is 9.94. The Kier molecular flexibility index (Phi) is 3.93. The summed E-state index contributed by atoms with van der Waals surface area (Å²) in [6, 6.07) is 7.99. The molecule has 0 N–H and O–H groups in total. The summed E-state index contributed by atoms with van der Waals surface area (Å²) in [6.45, 7) is 4.72. The van der Waals surface area contributed by atoms with Crippen LogP contribution in [-0.2, 0) is 17.7 Å². The summed E-state index contributed by atoms with van der Waals surface area (Å²) < 4.78 is 11.0. The van der Waals surface area contributed by atoms with Crippen molar-refractivity contribution >= 4 is 6.03 Å². The molecular formula is C17H20N4O3. The molecule has 0 saturated carbocycles. The summed E-state index contributed by atoms with van der Waals surface area (Å²) in [5.41, 5.74) is 2.40. The molecule has 7 heteroatoms. The van der Waals surface area contributed by atoms with Gasteiger partial charge in [0.1, 0.15) is 6.04 Å². The maximum absolute atomic E-state index is 13.1. The van der Waals surface area contributed by atoms with E-state index in [1.807, 2.05) is 21.9 Å². The standard InChI is InChI=1S/C17H20N4O3/c1-12-18-19-16(24-12)15-10-13-4-2-3-5-14(13)11-21(15)17(22)20-6-8-23-9-7-20/h2-5,15H,6-11H2,1H3/t15-/m1/s1. The number of rotatable bonds is 1. The van der Waals surface area contributed by atoms with Crippen LogP contribution in [0.25, 0.3) is 0 Å². The minimum Gasteiger partial charge on any atom is -0.423 e. The normalized spacial score (nSPS) is 20.8. The lowest BCUT2D eigenvalue weighted by Gasteiger charge is -2.39. The van der Waals surface area contributed by atoms with E-state index in [2.05, 4.69) is 22.3 Å². The molecule has 126 valence electrons. The minimum atomic E-state index is -0.226. The average Bonchev–Trinajstić information content (AvgIpc) is 3.07. The van der Waals surface area contributed by atoms with Gasteiger partial charge < -0.3 is 19.0 Å². The lowest BCUT2D eigenvalue weighted by Crippen LogP contribution is -2.50. The molecule has 1 atom stereocenters. The lowest BCUT2D eigenvalue weighted by molar-refractivity contribution is 0.0349. The SMILES string of the molecule is Cc1nnc([C@H]2Cc3ccccc3CN2C(=O)N2CCOCC2)o1. The summed E-state index contributed by atoms with van der Waals surface area (Å²) in [5.74, 6) is 1.02. The van der Waals surface area contributed by atoms with Crippen molar-refractivity contribution in [3.63, 3.8) is 0 Å². The summed E-state index contributed by atoms with van der Waals surface area (Å²) in [7, 11) is 0. The van der Waals surface area contributed by atoms with Crippen molar-refractivity contribution in [2.24, 2.45) is 0 Å². The molecule has 4 rings (SSSR count). The number of carbonyl (C=O) groups is 1. The first kappa shape index (κ1) is 15.1. The molecule has 1 aromatic carbocycles. The second kappa shape index (κ2) is 6.24. The summed E-state index contributed by atoms with van der Waals surface area (Å²) in [6.07, 6.45) is 0.688. The van der Waals surface area contributed by atoms with Crippen LogP contribution in [0.3, 0.4) is 0 Å². The maximum atomic E-state index is 13.1. The van der Waals surface area contributed by atoms with Gasteiger partial charge in [-0.05, 0) is 11.1 Å². The number of urea groups is 1. The minimum absolute atomic E-state index is 0.00801. The predicted molar refractivity (Wildman–Crippen MR) is 85.3 cm³/mol. The van der Waals surface area contributed by atoms with Gasteiger partial charge in [-0.2, -0.15) is 0 Å². The number of fused-ring (bicyclic) bond motifs is 1. The molecule has 0 unspecified atom stereocenters. The Morgan fingerprint density at radius 2 is 1.92 bits per heavy atom. The molecule has 0 spiro atoms. The molecule has 2 aromatic rings. The summed E-state index contributed by atoms with van der Waals surface area (Å²) in [5, 5.41) is 8.10. The highest BCUT2D eigenvalue weighted by molar-refractivity contribution is 5.75. The third kappa shape index (κ3) is 2.75. The highest BCUT2D eigenvalue weighted by Gasteiger charge is 2.36. The molecule has 2 aliphatic rings. The van der Waals surface area contributed by atoms with Gasteiger partial charge in [-0.25, -0.2) is 4.79 Å². The van der Waals surface area contributed by atoms with Crippen molar-refractivity contribution in [3.8, 4) is 0 Å². The van der Waals surface area contributed by atoms with Crippen LogP contribution in [0.2, 0.25) is 0 Å². The number of benzene rings is 1. The Labute approximate surface area is 140 Å². The van der Waals surface area contributed by atoms with Crippen molar-refractivity contribution in [1.82, 2.24) is 20.0 Å². The van der Waals surface area contributed by atoms with Crippen LogP contribution in [0.5, 0.6) is 0 Å². The van der Waals surface area contributed by atoms with Gasteiger partial charge in [0.2, 0.25) is 11.8 Å². The van der Waals surface area contributed by atoms with Crippen molar-refractivity contribution in [1.29, 1.82) is 0 Å². The van der Waals surface area contributed by atoms with E-state index in [1.54, 1.807) is 6.92 Å². The van der Waals surface area contributed by atoms with E-state index in [1.165, 1.54) is 11.1 Å². The van der Waals surface area contributed by atoms with Crippen molar-refractivity contribution in [3.05, 3.63) is 47.2 Å². The van der Waals surface area contributed by atoms with Gasteiger partial charge in [0.15, 0.2) is 0 Å². The molecule has 2 aliphatic heterocycles. The molecule has 1 saturated heterocycles. The van der Waals surface area contributed by atoms with Gasteiger partial charge in [-0.1, -0.05) is 24.3 Å². The van der Waals surface area contributed by atoms with E-state index in [4.69, 9.17) is 9.15 Å². The number of ether oxygens (including phenoxy) is 1. The van der Waals surface area contributed by atoms with Crippen molar-refractivity contribution < 1.29 is 13.9 Å². The molecule has 24 heavy (non-hydrogen) atoms. The molecule has 1 aromatic heterocycles. The number of hydrogen-bond acceptors (Lipinski definition) is 5. The van der Waals surface area contributed by atoms with Crippen LogP contribution in [0.15, 0.2) is 28.7 Å². The number of amides is 2. The van der Waals surface area contributed by atoms with Crippen LogP contribution in [-0.4, -0.2) is 52.3 Å². The number of nitrogens with zero attached hydrogens (tertiary/aromatic N) is 4.